The lowest BCUT2D eigenvalue weighted by Crippen LogP contribution is -2.43. The van der Waals surface area contributed by atoms with E-state index in [2.05, 4.69) is 29.0 Å². The molecule has 4 heteroatoms. The van der Waals surface area contributed by atoms with Crippen LogP contribution in [0.5, 0.6) is 0 Å². The second-order valence-corrected chi connectivity index (χ2v) is 6.15. The molecule has 1 aliphatic carbocycles. The van der Waals surface area contributed by atoms with Crippen LogP contribution in [-0.4, -0.2) is 29.1 Å². The molecule has 1 aliphatic heterocycles. The van der Waals surface area contributed by atoms with Gasteiger partial charge >= 0.3 is 0 Å². The minimum absolute atomic E-state index is 0.697. The van der Waals surface area contributed by atoms with Gasteiger partial charge in [0, 0.05) is 36.6 Å². The summed E-state index contributed by atoms with van der Waals surface area (Å²) < 4.78 is 0. The van der Waals surface area contributed by atoms with Crippen LogP contribution in [0.25, 0.3) is 0 Å². The molecule has 20 heavy (non-hydrogen) atoms. The smallest absolute Gasteiger partial charge is 0.225 e. The first-order chi connectivity index (χ1) is 9.79. The highest BCUT2D eigenvalue weighted by molar-refractivity contribution is 5.36. The average Bonchev–Trinajstić information content (AvgIpc) is 2.94. The van der Waals surface area contributed by atoms with Crippen molar-refractivity contribution >= 4 is 5.95 Å². The Morgan fingerprint density at radius 3 is 2.95 bits per heavy atom. The van der Waals surface area contributed by atoms with E-state index in [9.17, 15) is 0 Å². The van der Waals surface area contributed by atoms with E-state index < -0.39 is 0 Å². The van der Waals surface area contributed by atoms with Gasteiger partial charge in [0.15, 0.2) is 0 Å². The van der Waals surface area contributed by atoms with Gasteiger partial charge in [0.05, 0.1) is 0 Å². The van der Waals surface area contributed by atoms with Gasteiger partial charge in [-0.15, -0.1) is 0 Å². The van der Waals surface area contributed by atoms with E-state index in [-0.39, 0.29) is 0 Å². The number of aromatic nitrogens is 2. The monoisotopic (exact) mass is 274 g/mol. The van der Waals surface area contributed by atoms with Gasteiger partial charge in [-0.3, -0.25) is 0 Å². The number of fused-ring (bicyclic) bond motifs is 1. The molecule has 1 saturated heterocycles. The molecule has 0 aromatic carbocycles. The van der Waals surface area contributed by atoms with Crippen molar-refractivity contribution in [2.75, 3.05) is 18.0 Å². The molecular formula is C16H26N4. The molecule has 0 spiro atoms. The third-order valence-corrected chi connectivity index (χ3v) is 4.88. The van der Waals surface area contributed by atoms with Crippen LogP contribution < -0.4 is 10.2 Å². The molecule has 1 aromatic rings. The van der Waals surface area contributed by atoms with E-state index in [1.54, 1.807) is 0 Å². The minimum Gasteiger partial charge on any atom is -0.338 e. The van der Waals surface area contributed by atoms with Gasteiger partial charge in [0.2, 0.25) is 5.95 Å². The molecule has 1 aromatic heterocycles. The van der Waals surface area contributed by atoms with Gasteiger partial charge in [0.25, 0.3) is 0 Å². The Kier molecular flexibility index (Phi) is 4.20. The normalized spacial score (nSPS) is 25.8. The topological polar surface area (TPSA) is 41.1 Å². The Labute approximate surface area is 122 Å². The van der Waals surface area contributed by atoms with Crippen LogP contribution in [-0.2, 0) is 6.54 Å². The van der Waals surface area contributed by atoms with Crippen LogP contribution in [0.4, 0.5) is 5.95 Å². The highest BCUT2D eigenvalue weighted by Gasteiger charge is 2.36. The molecule has 0 radical (unpaired) electrons. The second kappa shape index (κ2) is 6.08. The highest BCUT2D eigenvalue weighted by Crippen LogP contribution is 2.38. The number of piperidine rings is 1. The Bertz CT molecular complexity index is 460. The fourth-order valence-electron chi connectivity index (χ4n) is 3.75. The van der Waals surface area contributed by atoms with E-state index >= 15 is 0 Å². The molecule has 1 saturated carbocycles. The number of anilines is 1. The third kappa shape index (κ3) is 2.66. The lowest BCUT2D eigenvalue weighted by molar-refractivity contribution is 0.358. The van der Waals surface area contributed by atoms with Gasteiger partial charge in [-0.1, -0.05) is 13.3 Å². The quantitative estimate of drug-likeness (QED) is 0.916. The number of hydrogen-bond donors (Lipinski definition) is 1. The number of hydrogen-bond acceptors (Lipinski definition) is 4. The summed E-state index contributed by atoms with van der Waals surface area (Å²) in [5.74, 6) is 1.84. The average molecular weight is 274 g/mol. The summed E-state index contributed by atoms with van der Waals surface area (Å²) in [6.07, 6.45) is 8.81. The molecule has 2 aliphatic rings. The predicted octanol–water partition coefficient (Wildman–Crippen LogP) is 2.66. The maximum atomic E-state index is 4.78. The van der Waals surface area contributed by atoms with Crippen LogP contribution in [0.15, 0.2) is 6.20 Å². The highest BCUT2D eigenvalue weighted by atomic mass is 15.3. The van der Waals surface area contributed by atoms with E-state index in [1.165, 1.54) is 37.7 Å². The first-order valence-corrected chi connectivity index (χ1v) is 8.09. The van der Waals surface area contributed by atoms with Crippen molar-refractivity contribution < 1.29 is 0 Å². The number of rotatable bonds is 4. The molecule has 3 rings (SSSR count). The van der Waals surface area contributed by atoms with Crippen molar-refractivity contribution in [3.05, 3.63) is 17.5 Å². The standard InChI is InChI=1S/C16H26N4/c1-3-17-10-14-11-18-16(19-12(14)2)20-9-5-7-13-6-4-8-15(13)20/h11,13,15,17H,3-10H2,1-2H3. The lowest BCUT2D eigenvalue weighted by atomic mass is 9.92. The predicted molar refractivity (Wildman–Crippen MR) is 81.9 cm³/mol. The van der Waals surface area contributed by atoms with Gasteiger partial charge < -0.3 is 10.2 Å². The van der Waals surface area contributed by atoms with E-state index in [0.717, 1.165) is 37.2 Å². The maximum Gasteiger partial charge on any atom is 0.225 e. The minimum atomic E-state index is 0.697. The summed E-state index contributed by atoms with van der Waals surface area (Å²) in [5, 5.41) is 3.35. The first-order valence-electron chi connectivity index (χ1n) is 8.09. The number of nitrogens with one attached hydrogen (secondary N) is 1. The number of nitrogens with zero attached hydrogens (tertiary/aromatic N) is 3. The van der Waals surface area contributed by atoms with Crippen molar-refractivity contribution in [1.29, 1.82) is 0 Å². The van der Waals surface area contributed by atoms with E-state index in [1.807, 2.05) is 6.20 Å². The zero-order valence-corrected chi connectivity index (χ0v) is 12.7. The molecule has 1 N–H and O–H groups in total. The van der Waals surface area contributed by atoms with Gasteiger partial charge in [0.1, 0.15) is 0 Å². The van der Waals surface area contributed by atoms with Gasteiger partial charge in [-0.05, 0) is 45.1 Å². The molecule has 2 fully saturated rings. The van der Waals surface area contributed by atoms with Crippen LogP contribution in [0.1, 0.15) is 50.3 Å². The summed E-state index contributed by atoms with van der Waals surface area (Å²) in [5.41, 5.74) is 2.34. The first kappa shape index (κ1) is 13.8. The van der Waals surface area contributed by atoms with Crippen molar-refractivity contribution in [3.8, 4) is 0 Å². The van der Waals surface area contributed by atoms with Gasteiger partial charge in [-0.25, -0.2) is 9.97 Å². The van der Waals surface area contributed by atoms with E-state index in [0.29, 0.717) is 6.04 Å². The van der Waals surface area contributed by atoms with Crippen LogP contribution in [0.2, 0.25) is 0 Å². The summed E-state index contributed by atoms with van der Waals surface area (Å²) in [6.45, 7) is 7.21. The van der Waals surface area contributed by atoms with Crippen LogP contribution >= 0.6 is 0 Å². The maximum absolute atomic E-state index is 4.78. The molecule has 0 bridgehead atoms. The summed E-state index contributed by atoms with van der Waals surface area (Å²) in [6, 6.07) is 0.697. The summed E-state index contributed by atoms with van der Waals surface area (Å²) >= 11 is 0. The second-order valence-electron chi connectivity index (χ2n) is 6.15. The summed E-state index contributed by atoms with van der Waals surface area (Å²) in [7, 11) is 0. The number of aryl methyl sites for hydroxylation is 1. The van der Waals surface area contributed by atoms with Crippen molar-refractivity contribution in [3.63, 3.8) is 0 Å². The Morgan fingerprint density at radius 2 is 2.15 bits per heavy atom. The molecule has 2 unspecified atom stereocenters. The SMILES string of the molecule is CCNCc1cnc(N2CCCC3CCCC32)nc1C. The Hall–Kier alpha value is -1.16. The Morgan fingerprint density at radius 1 is 1.30 bits per heavy atom. The van der Waals surface area contributed by atoms with Crippen LogP contribution in [0.3, 0.4) is 0 Å². The third-order valence-electron chi connectivity index (χ3n) is 4.88. The zero-order chi connectivity index (χ0) is 13.9. The molecule has 2 atom stereocenters. The summed E-state index contributed by atoms with van der Waals surface area (Å²) in [4.78, 5) is 11.9. The molecule has 2 heterocycles. The molecular weight excluding hydrogens is 248 g/mol. The molecule has 0 amide bonds. The largest absolute Gasteiger partial charge is 0.338 e. The lowest BCUT2D eigenvalue weighted by Gasteiger charge is -2.37. The van der Waals surface area contributed by atoms with Crippen molar-refractivity contribution in [2.24, 2.45) is 5.92 Å². The molecule has 110 valence electrons. The van der Waals surface area contributed by atoms with Gasteiger partial charge in [-0.2, -0.15) is 0 Å². The Balaban J connectivity index is 1.77. The van der Waals surface area contributed by atoms with Crippen LogP contribution in [0, 0.1) is 12.8 Å². The zero-order valence-electron chi connectivity index (χ0n) is 12.7. The van der Waals surface area contributed by atoms with Crippen molar-refractivity contribution in [2.45, 2.75) is 58.5 Å². The fraction of sp³-hybridized carbons (Fsp3) is 0.750. The fourth-order valence-corrected chi connectivity index (χ4v) is 3.75. The van der Waals surface area contributed by atoms with Crippen molar-refractivity contribution in [1.82, 2.24) is 15.3 Å². The molecule has 4 nitrogen and oxygen atoms in total. The van der Waals surface area contributed by atoms with E-state index in [4.69, 9.17) is 4.98 Å².